The van der Waals surface area contributed by atoms with E-state index in [0.29, 0.717) is 6.54 Å². The first-order valence-corrected chi connectivity index (χ1v) is 8.65. The molecule has 0 saturated carbocycles. The van der Waals surface area contributed by atoms with Gasteiger partial charge in [-0.2, -0.15) is 0 Å². The van der Waals surface area contributed by atoms with Crippen LogP contribution in [0.5, 0.6) is 0 Å². The maximum absolute atomic E-state index is 12.1. The van der Waals surface area contributed by atoms with E-state index in [0.717, 1.165) is 19.4 Å². The van der Waals surface area contributed by atoms with Gasteiger partial charge in [0.05, 0.1) is 15.1 Å². The molecular weight excluding hydrogens is 343 g/mol. The lowest BCUT2D eigenvalue weighted by Crippen LogP contribution is -2.26. The smallest absolute Gasteiger partial charge is 0.242 e. The van der Waals surface area contributed by atoms with Crippen LogP contribution in [0.2, 0.25) is 15.1 Å². The van der Waals surface area contributed by atoms with Crippen molar-refractivity contribution in [3.05, 3.63) is 27.2 Å². The first-order chi connectivity index (χ1) is 9.25. The van der Waals surface area contributed by atoms with Crippen LogP contribution in [0.25, 0.3) is 0 Å². The number of benzene rings is 1. The molecular formula is C12H17Cl3N2O2S. The Bertz CT molecular complexity index is 562. The van der Waals surface area contributed by atoms with Crippen molar-refractivity contribution >= 4 is 44.8 Å². The monoisotopic (exact) mass is 358 g/mol. The zero-order valence-corrected chi connectivity index (χ0v) is 14.4. The van der Waals surface area contributed by atoms with Gasteiger partial charge in [0.15, 0.2) is 0 Å². The largest absolute Gasteiger partial charge is 0.309 e. The van der Waals surface area contributed by atoms with Gasteiger partial charge in [0, 0.05) is 6.54 Å². The van der Waals surface area contributed by atoms with Crippen molar-refractivity contribution in [3.63, 3.8) is 0 Å². The molecule has 0 aliphatic rings. The zero-order valence-electron chi connectivity index (χ0n) is 11.3. The van der Waals surface area contributed by atoms with E-state index in [1.807, 2.05) is 19.0 Å². The number of nitrogens with one attached hydrogen (secondary N) is 1. The summed E-state index contributed by atoms with van der Waals surface area (Å²) < 4.78 is 26.7. The molecule has 0 spiro atoms. The molecule has 8 heteroatoms. The Balaban J connectivity index is 2.68. The minimum absolute atomic E-state index is 0.0452. The summed E-state index contributed by atoms with van der Waals surface area (Å²) in [6.07, 6.45) is 1.65. The molecule has 1 aromatic carbocycles. The molecule has 0 heterocycles. The summed E-state index contributed by atoms with van der Waals surface area (Å²) in [6.45, 7) is 1.27. The highest BCUT2D eigenvalue weighted by molar-refractivity contribution is 7.89. The molecule has 0 saturated heterocycles. The van der Waals surface area contributed by atoms with E-state index in [9.17, 15) is 8.42 Å². The van der Waals surface area contributed by atoms with E-state index in [1.54, 1.807) is 0 Å². The molecule has 0 bridgehead atoms. The van der Waals surface area contributed by atoms with Crippen LogP contribution in [0.1, 0.15) is 12.8 Å². The molecule has 1 aromatic rings. The molecule has 0 aromatic heterocycles. The summed E-state index contributed by atoms with van der Waals surface area (Å²) >= 11 is 17.5. The second-order valence-corrected chi connectivity index (χ2v) is 7.48. The first kappa shape index (κ1) is 18.0. The highest BCUT2D eigenvalue weighted by Crippen LogP contribution is 2.34. The van der Waals surface area contributed by atoms with Crippen molar-refractivity contribution in [2.24, 2.45) is 0 Å². The number of halogens is 3. The van der Waals surface area contributed by atoms with E-state index < -0.39 is 10.0 Å². The predicted molar refractivity (Wildman–Crippen MR) is 84.4 cm³/mol. The topological polar surface area (TPSA) is 49.4 Å². The molecule has 0 atom stereocenters. The molecule has 0 radical (unpaired) electrons. The van der Waals surface area contributed by atoms with Gasteiger partial charge in [-0.25, -0.2) is 13.1 Å². The van der Waals surface area contributed by atoms with E-state index in [4.69, 9.17) is 34.8 Å². The summed E-state index contributed by atoms with van der Waals surface area (Å²) in [6, 6.07) is 2.76. The van der Waals surface area contributed by atoms with Gasteiger partial charge in [0.2, 0.25) is 10.0 Å². The van der Waals surface area contributed by atoms with Crippen molar-refractivity contribution in [2.75, 3.05) is 27.2 Å². The number of hydrogen-bond donors (Lipinski definition) is 1. The highest BCUT2D eigenvalue weighted by atomic mass is 35.5. The average molecular weight is 360 g/mol. The maximum atomic E-state index is 12.1. The lowest BCUT2D eigenvalue weighted by atomic mass is 10.3. The summed E-state index contributed by atoms with van der Waals surface area (Å²) in [5, 5.41) is 0.213. The van der Waals surface area contributed by atoms with E-state index in [2.05, 4.69) is 4.72 Å². The zero-order chi connectivity index (χ0) is 15.3. The molecule has 114 valence electrons. The fraction of sp³-hybridized carbons (Fsp3) is 0.500. The predicted octanol–water partition coefficient (Wildman–Crippen LogP) is 3.27. The Morgan fingerprint density at radius 3 is 2.35 bits per heavy atom. The van der Waals surface area contributed by atoms with Crippen molar-refractivity contribution in [3.8, 4) is 0 Å². The Labute approximate surface area is 135 Å². The van der Waals surface area contributed by atoms with Crippen molar-refractivity contribution < 1.29 is 8.42 Å². The minimum Gasteiger partial charge on any atom is -0.309 e. The maximum Gasteiger partial charge on any atom is 0.242 e. The van der Waals surface area contributed by atoms with Crippen molar-refractivity contribution in [1.29, 1.82) is 0 Å². The highest BCUT2D eigenvalue weighted by Gasteiger charge is 2.20. The van der Waals surface area contributed by atoms with Crippen LogP contribution < -0.4 is 4.72 Å². The van der Waals surface area contributed by atoms with Crippen LogP contribution in [-0.2, 0) is 10.0 Å². The summed E-state index contributed by atoms with van der Waals surface area (Å²) in [7, 11) is 0.274. The van der Waals surface area contributed by atoms with Crippen LogP contribution in [-0.4, -0.2) is 40.5 Å². The van der Waals surface area contributed by atoms with Gasteiger partial charge in [-0.15, -0.1) is 0 Å². The Morgan fingerprint density at radius 2 is 1.75 bits per heavy atom. The fourth-order valence-electron chi connectivity index (χ4n) is 1.55. The Kier molecular flexibility index (Phi) is 7.04. The molecule has 4 nitrogen and oxygen atoms in total. The lowest BCUT2D eigenvalue weighted by Gasteiger charge is -2.11. The second-order valence-electron chi connectivity index (χ2n) is 4.58. The molecule has 0 fully saturated rings. The Hall–Kier alpha value is -0.0400. The summed E-state index contributed by atoms with van der Waals surface area (Å²) in [4.78, 5) is 1.99. The third kappa shape index (κ3) is 5.06. The lowest BCUT2D eigenvalue weighted by molar-refractivity contribution is 0.394. The van der Waals surface area contributed by atoms with Gasteiger partial charge in [-0.05, 0) is 45.6 Å². The van der Waals surface area contributed by atoms with Crippen LogP contribution >= 0.6 is 34.8 Å². The third-order valence-corrected chi connectivity index (χ3v) is 5.52. The number of unbranched alkanes of at least 4 members (excludes halogenated alkanes) is 1. The van der Waals surface area contributed by atoms with Crippen LogP contribution in [0, 0.1) is 0 Å². The van der Waals surface area contributed by atoms with Gasteiger partial charge in [-0.3, -0.25) is 0 Å². The quantitative estimate of drug-likeness (QED) is 0.600. The van der Waals surface area contributed by atoms with Crippen LogP contribution in [0.15, 0.2) is 17.0 Å². The normalized spacial score (nSPS) is 12.1. The minimum atomic E-state index is -3.67. The molecule has 20 heavy (non-hydrogen) atoms. The second kappa shape index (κ2) is 7.82. The molecule has 1 rings (SSSR count). The van der Waals surface area contributed by atoms with Crippen molar-refractivity contribution in [2.45, 2.75) is 17.7 Å². The average Bonchev–Trinajstić information content (AvgIpc) is 2.34. The number of hydrogen-bond acceptors (Lipinski definition) is 3. The molecule has 0 unspecified atom stereocenters. The first-order valence-electron chi connectivity index (χ1n) is 6.03. The summed E-state index contributed by atoms with van der Waals surface area (Å²) in [5.74, 6) is 0. The van der Waals surface area contributed by atoms with Crippen LogP contribution in [0.4, 0.5) is 0 Å². The van der Waals surface area contributed by atoms with Gasteiger partial charge >= 0.3 is 0 Å². The standard InChI is InChI=1S/C12H17Cl3N2O2S/c1-17(2)8-4-3-7-16-20(18,19)10-6-5-9(13)11(14)12(10)15/h5-6,16H,3-4,7-8H2,1-2H3. The molecule has 0 aliphatic carbocycles. The van der Waals surface area contributed by atoms with Gasteiger partial charge < -0.3 is 4.90 Å². The van der Waals surface area contributed by atoms with Crippen LogP contribution in [0.3, 0.4) is 0 Å². The number of sulfonamides is 1. The van der Waals surface area contributed by atoms with Gasteiger partial charge in [0.25, 0.3) is 0 Å². The molecule has 1 N–H and O–H groups in total. The van der Waals surface area contributed by atoms with E-state index >= 15 is 0 Å². The van der Waals surface area contributed by atoms with E-state index in [-0.39, 0.29) is 20.0 Å². The number of rotatable bonds is 7. The Morgan fingerprint density at radius 1 is 1.10 bits per heavy atom. The van der Waals surface area contributed by atoms with Gasteiger partial charge in [-0.1, -0.05) is 34.8 Å². The fourth-order valence-corrected chi connectivity index (χ4v) is 3.60. The molecule has 0 amide bonds. The molecule has 0 aliphatic heterocycles. The van der Waals surface area contributed by atoms with Gasteiger partial charge in [0.1, 0.15) is 4.90 Å². The SMILES string of the molecule is CN(C)CCCCNS(=O)(=O)c1ccc(Cl)c(Cl)c1Cl. The third-order valence-electron chi connectivity index (χ3n) is 2.61. The van der Waals surface area contributed by atoms with E-state index in [1.165, 1.54) is 12.1 Å². The van der Waals surface area contributed by atoms with Crippen molar-refractivity contribution in [1.82, 2.24) is 9.62 Å². The number of nitrogens with zero attached hydrogens (tertiary/aromatic N) is 1. The summed E-state index contributed by atoms with van der Waals surface area (Å²) in [5.41, 5.74) is 0.